The third-order valence-electron chi connectivity index (χ3n) is 4.80. The zero-order valence-corrected chi connectivity index (χ0v) is 15.1. The molecule has 1 aliphatic rings. The number of aryl methyl sites for hydroxylation is 1. The summed E-state index contributed by atoms with van der Waals surface area (Å²) in [4.78, 5) is 12.2. The third-order valence-corrected chi connectivity index (χ3v) is 5.93. The van der Waals surface area contributed by atoms with Gasteiger partial charge in [0.05, 0.1) is 12.0 Å². The molecule has 26 heavy (non-hydrogen) atoms. The lowest BCUT2D eigenvalue weighted by atomic mass is 9.89. The highest BCUT2D eigenvalue weighted by molar-refractivity contribution is 7.13. The van der Waals surface area contributed by atoms with Crippen molar-refractivity contribution in [2.24, 2.45) is 11.8 Å². The van der Waals surface area contributed by atoms with Crippen LogP contribution in [0.5, 0.6) is 0 Å². The Morgan fingerprint density at radius 2 is 2.00 bits per heavy atom. The van der Waals surface area contributed by atoms with E-state index >= 15 is 0 Å². The number of thiophene rings is 1. The molecule has 1 saturated carbocycles. The Labute approximate surface area is 156 Å². The van der Waals surface area contributed by atoms with Gasteiger partial charge in [-0.25, -0.2) is 9.18 Å². The van der Waals surface area contributed by atoms with Crippen molar-refractivity contribution in [3.05, 3.63) is 57.8 Å². The van der Waals surface area contributed by atoms with Gasteiger partial charge in [0.1, 0.15) is 11.0 Å². The molecule has 0 unspecified atom stereocenters. The number of carboxylic acid groups (broad SMARTS) is 1. The summed E-state index contributed by atoms with van der Waals surface area (Å²) in [6.45, 7) is 0. The Kier molecular flexibility index (Phi) is 6.08. The highest BCUT2D eigenvalue weighted by Crippen LogP contribution is 2.38. The van der Waals surface area contributed by atoms with Crippen LogP contribution in [0.3, 0.4) is 0 Å². The highest BCUT2D eigenvalue weighted by atomic mass is 32.1. The first kappa shape index (κ1) is 18.6. The van der Waals surface area contributed by atoms with Crippen LogP contribution >= 0.6 is 11.3 Å². The fourth-order valence-corrected chi connectivity index (χ4v) is 4.34. The second-order valence-corrected chi connectivity index (χ2v) is 7.78. The van der Waals surface area contributed by atoms with E-state index in [4.69, 9.17) is 5.11 Å². The number of rotatable bonds is 5. The van der Waals surface area contributed by atoms with E-state index in [2.05, 4.69) is 11.8 Å². The number of alkyl halides is 1. The monoisotopic (exact) mass is 372 g/mol. The van der Waals surface area contributed by atoms with Gasteiger partial charge in [0.2, 0.25) is 0 Å². The maximum absolute atomic E-state index is 14.3. The molecule has 1 aromatic carbocycles. The standard InChI is InChI=1S/C21H21FO3S/c22-18-13-19(23)17(11-9-14-5-2-1-3-6-14)16(18)8-4-7-15-10-12-20(26-15)21(24)25/h1-3,5-6,10,12,16-19,23H,4,7-8,13H2,(H,24,25)/t16-,17-,18-,19-/m1/s1. The first-order valence-corrected chi connectivity index (χ1v) is 9.57. The molecule has 2 aromatic rings. The Hall–Kier alpha value is -2.16. The highest BCUT2D eigenvalue weighted by Gasteiger charge is 2.41. The van der Waals surface area contributed by atoms with Gasteiger partial charge in [-0.2, -0.15) is 0 Å². The molecule has 0 aliphatic heterocycles. The molecule has 2 N–H and O–H groups in total. The summed E-state index contributed by atoms with van der Waals surface area (Å²) in [7, 11) is 0. The zero-order valence-electron chi connectivity index (χ0n) is 14.3. The van der Waals surface area contributed by atoms with Crippen LogP contribution in [0.2, 0.25) is 0 Å². The van der Waals surface area contributed by atoms with Crippen LogP contribution in [0.1, 0.15) is 39.4 Å². The average Bonchev–Trinajstić information content (AvgIpc) is 3.19. The van der Waals surface area contributed by atoms with Crippen LogP contribution in [0, 0.1) is 23.7 Å². The van der Waals surface area contributed by atoms with Gasteiger partial charge in [0, 0.05) is 22.8 Å². The lowest BCUT2D eigenvalue weighted by Gasteiger charge is -2.17. The summed E-state index contributed by atoms with van der Waals surface area (Å²) in [5.41, 5.74) is 0.862. The van der Waals surface area contributed by atoms with Crippen LogP contribution in [0.15, 0.2) is 42.5 Å². The van der Waals surface area contributed by atoms with Gasteiger partial charge in [-0.3, -0.25) is 0 Å². The topological polar surface area (TPSA) is 57.5 Å². The number of benzene rings is 1. The normalized spacial score (nSPS) is 24.8. The van der Waals surface area contributed by atoms with Crippen molar-refractivity contribution in [1.29, 1.82) is 0 Å². The first-order chi connectivity index (χ1) is 12.5. The maximum atomic E-state index is 14.3. The summed E-state index contributed by atoms with van der Waals surface area (Å²) < 4.78 is 14.3. The number of hydrogen-bond acceptors (Lipinski definition) is 3. The van der Waals surface area contributed by atoms with Crippen LogP contribution in [0.25, 0.3) is 0 Å². The first-order valence-electron chi connectivity index (χ1n) is 8.75. The van der Waals surface area contributed by atoms with E-state index in [9.17, 15) is 14.3 Å². The van der Waals surface area contributed by atoms with E-state index in [1.807, 2.05) is 36.4 Å². The summed E-state index contributed by atoms with van der Waals surface area (Å²) in [6.07, 6.45) is 0.467. The quantitative estimate of drug-likeness (QED) is 0.775. The van der Waals surface area contributed by atoms with Gasteiger partial charge < -0.3 is 10.2 Å². The number of aromatic carboxylic acids is 1. The molecule has 1 aromatic heterocycles. The Morgan fingerprint density at radius 3 is 2.69 bits per heavy atom. The van der Waals surface area contributed by atoms with Gasteiger partial charge in [0.15, 0.2) is 0 Å². The fourth-order valence-electron chi connectivity index (χ4n) is 3.45. The van der Waals surface area contributed by atoms with E-state index in [1.165, 1.54) is 11.3 Å². The Balaban J connectivity index is 1.61. The van der Waals surface area contributed by atoms with Crippen molar-refractivity contribution in [1.82, 2.24) is 0 Å². The predicted molar refractivity (Wildman–Crippen MR) is 100 cm³/mol. The number of hydrogen-bond donors (Lipinski definition) is 2. The second kappa shape index (κ2) is 8.48. The molecule has 3 nitrogen and oxygen atoms in total. The second-order valence-electron chi connectivity index (χ2n) is 6.61. The molecule has 1 heterocycles. The number of carboxylic acids is 1. The molecule has 1 aliphatic carbocycles. The molecule has 3 rings (SSSR count). The average molecular weight is 372 g/mol. The Morgan fingerprint density at radius 1 is 1.23 bits per heavy atom. The number of carbonyl (C=O) groups is 1. The largest absolute Gasteiger partial charge is 0.477 e. The SMILES string of the molecule is O=C(O)c1ccc(CCC[C@@H]2[C@@H](C#Cc3ccccc3)[C@H](O)C[C@H]2F)s1. The molecular weight excluding hydrogens is 351 g/mol. The summed E-state index contributed by atoms with van der Waals surface area (Å²) in [5.74, 6) is 4.58. The zero-order chi connectivity index (χ0) is 18.5. The van der Waals surface area contributed by atoms with Gasteiger partial charge in [0.25, 0.3) is 0 Å². The summed E-state index contributed by atoms with van der Waals surface area (Å²) in [6, 6.07) is 12.9. The van der Waals surface area contributed by atoms with Crippen molar-refractivity contribution < 1.29 is 19.4 Å². The molecule has 0 radical (unpaired) electrons. The predicted octanol–water partition coefficient (Wildman–Crippen LogP) is 4.16. The van der Waals surface area contributed by atoms with Gasteiger partial charge in [-0.15, -0.1) is 11.3 Å². The molecule has 4 atom stereocenters. The van der Waals surface area contributed by atoms with Crippen molar-refractivity contribution in [3.8, 4) is 11.8 Å². The van der Waals surface area contributed by atoms with E-state index in [-0.39, 0.29) is 18.3 Å². The van der Waals surface area contributed by atoms with Crippen molar-refractivity contribution in [3.63, 3.8) is 0 Å². The lowest BCUT2D eigenvalue weighted by molar-refractivity contribution is 0.0702. The molecule has 5 heteroatoms. The number of halogens is 1. The molecule has 0 amide bonds. The maximum Gasteiger partial charge on any atom is 0.345 e. The van der Waals surface area contributed by atoms with Gasteiger partial charge in [-0.05, 0) is 43.5 Å². The number of aliphatic hydroxyl groups is 1. The molecule has 1 fully saturated rings. The van der Waals surface area contributed by atoms with E-state index < -0.39 is 18.2 Å². The minimum atomic E-state index is -1.04. The smallest absolute Gasteiger partial charge is 0.345 e. The van der Waals surface area contributed by atoms with Crippen molar-refractivity contribution in [2.45, 2.75) is 38.0 Å². The molecular formula is C21H21FO3S. The van der Waals surface area contributed by atoms with E-state index in [0.717, 1.165) is 23.3 Å². The molecule has 0 bridgehead atoms. The van der Waals surface area contributed by atoms with E-state index in [1.54, 1.807) is 6.07 Å². The molecule has 0 spiro atoms. The minimum absolute atomic E-state index is 0.140. The van der Waals surface area contributed by atoms with Crippen LogP contribution in [-0.4, -0.2) is 28.5 Å². The van der Waals surface area contributed by atoms with Gasteiger partial charge in [-0.1, -0.05) is 30.0 Å². The molecule has 136 valence electrons. The van der Waals surface area contributed by atoms with Gasteiger partial charge >= 0.3 is 5.97 Å². The van der Waals surface area contributed by atoms with Crippen LogP contribution in [0.4, 0.5) is 4.39 Å². The van der Waals surface area contributed by atoms with Crippen LogP contribution in [-0.2, 0) is 6.42 Å². The van der Waals surface area contributed by atoms with Crippen molar-refractivity contribution >= 4 is 17.3 Å². The van der Waals surface area contributed by atoms with Crippen LogP contribution < -0.4 is 0 Å². The summed E-state index contributed by atoms with van der Waals surface area (Å²) >= 11 is 1.26. The van der Waals surface area contributed by atoms with E-state index in [0.29, 0.717) is 11.3 Å². The summed E-state index contributed by atoms with van der Waals surface area (Å²) in [5, 5.41) is 19.1. The fraction of sp³-hybridized carbons (Fsp3) is 0.381. The third kappa shape index (κ3) is 4.51. The molecule has 0 saturated heterocycles. The minimum Gasteiger partial charge on any atom is -0.477 e. The Bertz CT molecular complexity index is 805. The number of aliphatic hydroxyl groups excluding tert-OH is 1. The lowest BCUT2D eigenvalue weighted by Crippen LogP contribution is -2.19. The van der Waals surface area contributed by atoms with Crippen molar-refractivity contribution in [2.75, 3.05) is 0 Å².